The number of hydrogen-bond acceptors (Lipinski definition) is 4. The molecule has 0 saturated carbocycles. The van der Waals surface area contributed by atoms with Crippen molar-refractivity contribution in [1.82, 2.24) is 14.8 Å². The summed E-state index contributed by atoms with van der Waals surface area (Å²) in [4.78, 5) is 34.0. The van der Waals surface area contributed by atoms with E-state index in [2.05, 4.69) is 11.9 Å². The molecular formula is C24H30ClN3O3. The van der Waals surface area contributed by atoms with Gasteiger partial charge in [-0.25, -0.2) is 4.98 Å². The van der Waals surface area contributed by atoms with Gasteiger partial charge in [-0.05, 0) is 51.3 Å². The quantitative estimate of drug-likeness (QED) is 0.623. The zero-order valence-electron chi connectivity index (χ0n) is 18.4. The normalized spacial score (nSPS) is 14.5. The minimum Gasteiger partial charge on any atom is -0.474 e. The number of rotatable bonds is 7. The van der Waals surface area contributed by atoms with Gasteiger partial charge in [0.05, 0.1) is 11.7 Å². The Morgan fingerprint density at radius 1 is 1.19 bits per heavy atom. The first kappa shape index (κ1) is 23.1. The summed E-state index contributed by atoms with van der Waals surface area (Å²) in [5.41, 5.74) is 1.16. The fourth-order valence-electron chi connectivity index (χ4n) is 3.85. The van der Waals surface area contributed by atoms with Gasteiger partial charge in [-0.3, -0.25) is 9.59 Å². The van der Waals surface area contributed by atoms with Gasteiger partial charge in [-0.2, -0.15) is 0 Å². The first-order valence-corrected chi connectivity index (χ1v) is 11.3. The van der Waals surface area contributed by atoms with Crippen LogP contribution in [-0.2, 0) is 0 Å². The van der Waals surface area contributed by atoms with Crippen LogP contribution in [0.15, 0.2) is 42.6 Å². The standard InChI is InChI=1S/C24H30ClN3O3/c1-4-12-28(24(30)19-15-21(25)22(26-16-19)31-17(2)3)20-10-13-27(14-11-20)23(29)18-8-6-5-7-9-18/h5-9,15-17,20H,4,10-14H2,1-3H3. The number of hydrogen-bond donors (Lipinski definition) is 0. The summed E-state index contributed by atoms with van der Waals surface area (Å²) in [5, 5.41) is 0.333. The molecular weight excluding hydrogens is 414 g/mol. The SMILES string of the molecule is CCCN(C(=O)c1cnc(OC(C)C)c(Cl)c1)C1CCN(C(=O)c2ccccc2)CC1. The summed E-state index contributed by atoms with van der Waals surface area (Å²) in [5.74, 6) is 0.298. The topological polar surface area (TPSA) is 62.7 Å². The van der Waals surface area contributed by atoms with Crippen LogP contribution in [0.2, 0.25) is 5.02 Å². The van der Waals surface area contributed by atoms with Crippen LogP contribution in [0.4, 0.5) is 0 Å². The first-order chi connectivity index (χ1) is 14.9. The molecule has 166 valence electrons. The van der Waals surface area contributed by atoms with Gasteiger partial charge in [0.2, 0.25) is 5.88 Å². The van der Waals surface area contributed by atoms with Gasteiger partial charge in [0, 0.05) is 37.4 Å². The maximum Gasteiger partial charge on any atom is 0.255 e. The predicted molar refractivity (Wildman–Crippen MR) is 122 cm³/mol. The Morgan fingerprint density at radius 2 is 1.87 bits per heavy atom. The van der Waals surface area contributed by atoms with Crippen LogP contribution in [-0.4, -0.2) is 58.4 Å². The monoisotopic (exact) mass is 443 g/mol. The average Bonchev–Trinajstić information content (AvgIpc) is 2.78. The van der Waals surface area contributed by atoms with Crippen LogP contribution in [0.3, 0.4) is 0 Å². The van der Waals surface area contributed by atoms with Gasteiger partial charge in [0.25, 0.3) is 11.8 Å². The van der Waals surface area contributed by atoms with E-state index in [0.29, 0.717) is 41.7 Å². The molecule has 0 radical (unpaired) electrons. The maximum absolute atomic E-state index is 13.3. The predicted octanol–water partition coefficient (Wildman–Crippen LogP) is 4.68. The lowest BCUT2D eigenvalue weighted by Gasteiger charge is -2.38. The number of benzene rings is 1. The van der Waals surface area contributed by atoms with Crippen molar-refractivity contribution in [3.8, 4) is 5.88 Å². The molecule has 1 fully saturated rings. The first-order valence-electron chi connectivity index (χ1n) is 10.9. The van der Waals surface area contributed by atoms with E-state index in [1.807, 2.05) is 54.0 Å². The van der Waals surface area contributed by atoms with Crippen molar-refractivity contribution < 1.29 is 14.3 Å². The summed E-state index contributed by atoms with van der Waals surface area (Å²) in [6.07, 6.45) is 3.83. The molecule has 31 heavy (non-hydrogen) atoms. The van der Waals surface area contributed by atoms with E-state index < -0.39 is 0 Å². The van der Waals surface area contributed by atoms with Crippen LogP contribution in [0.1, 0.15) is 60.7 Å². The number of piperidine rings is 1. The smallest absolute Gasteiger partial charge is 0.255 e. The van der Waals surface area contributed by atoms with Crippen LogP contribution < -0.4 is 4.74 Å². The second-order valence-corrected chi connectivity index (χ2v) is 8.47. The number of carbonyl (C=O) groups excluding carboxylic acids is 2. The Hall–Kier alpha value is -2.60. The van der Waals surface area contributed by atoms with E-state index in [9.17, 15) is 9.59 Å². The average molecular weight is 444 g/mol. The molecule has 2 aromatic rings. The minimum absolute atomic E-state index is 0.0455. The molecule has 1 aromatic carbocycles. The summed E-state index contributed by atoms with van der Waals surface area (Å²) in [6, 6.07) is 11.0. The number of carbonyl (C=O) groups is 2. The minimum atomic E-state index is -0.0832. The van der Waals surface area contributed by atoms with Crippen molar-refractivity contribution in [2.45, 2.75) is 52.2 Å². The van der Waals surface area contributed by atoms with Crippen molar-refractivity contribution in [3.63, 3.8) is 0 Å². The Kier molecular flexibility index (Phi) is 7.91. The van der Waals surface area contributed by atoms with E-state index in [0.717, 1.165) is 19.3 Å². The lowest BCUT2D eigenvalue weighted by Crippen LogP contribution is -2.49. The summed E-state index contributed by atoms with van der Waals surface area (Å²) < 4.78 is 5.57. The molecule has 0 atom stereocenters. The summed E-state index contributed by atoms with van der Waals surface area (Å²) in [7, 11) is 0. The number of halogens is 1. The van der Waals surface area contributed by atoms with E-state index in [1.54, 1.807) is 6.07 Å². The molecule has 7 heteroatoms. The van der Waals surface area contributed by atoms with Crippen LogP contribution in [0.5, 0.6) is 5.88 Å². The number of pyridine rings is 1. The molecule has 0 aliphatic carbocycles. The van der Waals surface area contributed by atoms with E-state index in [4.69, 9.17) is 16.3 Å². The summed E-state index contributed by atoms with van der Waals surface area (Å²) >= 11 is 6.29. The summed E-state index contributed by atoms with van der Waals surface area (Å²) in [6.45, 7) is 7.76. The van der Waals surface area contributed by atoms with Crippen molar-refractivity contribution in [3.05, 3.63) is 58.7 Å². The molecule has 1 saturated heterocycles. The molecule has 0 unspecified atom stereocenters. The Labute approximate surface area is 189 Å². The number of amides is 2. The molecule has 3 rings (SSSR count). The van der Waals surface area contributed by atoms with Crippen molar-refractivity contribution in [2.75, 3.05) is 19.6 Å². The second-order valence-electron chi connectivity index (χ2n) is 8.07. The van der Waals surface area contributed by atoms with E-state index in [-0.39, 0.29) is 24.0 Å². The molecule has 6 nitrogen and oxygen atoms in total. The van der Waals surface area contributed by atoms with E-state index in [1.165, 1.54) is 6.20 Å². The number of aromatic nitrogens is 1. The van der Waals surface area contributed by atoms with Crippen molar-refractivity contribution in [2.24, 2.45) is 0 Å². The molecule has 2 heterocycles. The lowest BCUT2D eigenvalue weighted by molar-refractivity contribution is 0.0519. The Morgan fingerprint density at radius 3 is 2.45 bits per heavy atom. The van der Waals surface area contributed by atoms with Gasteiger partial charge in [0.1, 0.15) is 5.02 Å². The molecule has 1 aliphatic rings. The maximum atomic E-state index is 13.3. The Bertz CT molecular complexity index is 896. The van der Waals surface area contributed by atoms with Gasteiger partial charge >= 0.3 is 0 Å². The zero-order valence-corrected chi connectivity index (χ0v) is 19.1. The fourth-order valence-corrected chi connectivity index (χ4v) is 4.06. The lowest BCUT2D eigenvalue weighted by atomic mass is 10.0. The highest BCUT2D eigenvalue weighted by atomic mass is 35.5. The number of nitrogens with zero attached hydrogens (tertiary/aromatic N) is 3. The highest BCUT2D eigenvalue weighted by Crippen LogP contribution is 2.26. The third kappa shape index (κ3) is 5.76. The van der Waals surface area contributed by atoms with Crippen molar-refractivity contribution in [1.29, 1.82) is 0 Å². The highest BCUT2D eigenvalue weighted by Gasteiger charge is 2.30. The zero-order chi connectivity index (χ0) is 22.4. The number of ether oxygens (including phenoxy) is 1. The fraction of sp³-hybridized carbons (Fsp3) is 0.458. The van der Waals surface area contributed by atoms with Crippen LogP contribution >= 0.6 is 11.6 Å². The van der Waals surface area contributed by atoms with Gasteiger partial charge in [0.15, 0.2) is 0 Å². The van der Waals surface area contributed by atoms with E-state index >= 15 is 0 Å². The molecule has 0 spiro atoms. The second kappa shape index (κ2) is 10.6. The Balaban J connectivity index is 1.68. The van der Waals surface area contributed by atoms with Gasteiger partial charge in [-0.1, -0.05) is 36.7 Å². The molecule has 0 N–H and O–H groups in total. The third-order valence-corrected chi connectivity index (χ3v) is 5.61. The highest BCUT2D eigenvalue weighted by molar-refractivity contribution is 6.32. The largest absolute Gasteiger partial charge is 0.474 e. The van der Waals surface area contributed by atoms with Crippen LogP contribution in [0, 0.1) is 0 Å². The van der Waals surface area contributed by atoms with Gasteiger partial charge < -0.3 is 14.5 Å². The third-order valence-electron chi connectivity index (χ3n) is 5.34. The number of likely N-dealkylation sites (tertiary alicyclic amines) is 1. The molecule has 0 bridgehead atoms. The molecule has 1 aliphatic heterocycles. The van der Waals surface area contributed by atoms with Gasteiger partial charge in [-0.15, -0.1) is 0 Å². The van der Waals surface area contributed by atoms with Crippen LogP contribution in [0.25, 0.3) is 0 Å². The molecule has 2 amide bonds. The molecule has 1 aromatic heterocycles. The van der Waals surface area contributed by atoms with Crippen molar-refractivity contribution >= 4 is 23.4 Å².